The molecule has 2 aromatic rings. The molecular formula is C15H16N2O4. The number of hydrogen-bond donors (Lipinski definition) is 2. The first kappa shape index (κ1) is 14.6. The maximum Gasteiger partial charge on any atom is 0.255 e. The molecule has 1 aromatic carbocycles. The van der Waals surface area contributed by atoms with E-state index in [1.165, 1.54) is 26.4 Å². The van der Waals surface area contributed by atoms with E-state index in [1.54, 1.807) is 24.4 Å². The summed E-state index contributed by atoms with van der Waals surface area (Å²) in [6.45, 7) is 0.309. The van der Waals surface area contributed by atoms with Crippen LogP contribution in [-0.4, -0.2) is 30.2 Å². The van der Waals surface area contributed by atoms with Crippen molar-refractivity contribution in [1.29, 1.82) is 0 Å². The number of hydrogen-bond acceptors (Lipinski definition) is 5. The minimum Gasteiger partial charge on any atom is -0.507 e. The Morgan fingerprint density at radius 3 is 2.71 bits per heavy atom. The number of rotatable bonds is 5. The number of nitrogens with one attached hydrogen (secondary N) is 1. The third-order valence-electron chi connectivity index (χ3n) is 2.91. The Morgan fingerprint density at radius 1 is 1.24 bits per heavy atom. The van der Waals surface area contributed by atoms with Gasteiger partial charge in [0, 0.05) is 24.9 Å². The van der Waals surface area contributed by atoms with Crippen molar-refractivity contribution in [3.8, 4) is 17.4 Å². The molecule has 1 aromatic heterocycles. The molecule has 0 aliphatic carbocycles. The summed E-state index contributed by atoms with van der Waals surface area (Å²) in [4.78, 5) is 16.0. The second-order valence-electron chi connectivity index (χ2n) is 4.27. The zero-order chi connectivity index (χ0) is 15.2. The van der Waals surface area contributed by atoms with Crippen molar-refractivity contribution in [2.75, 3.05) is 14.2 Å². The molecule has 2 N–H and O–H groups in total. The van der Waals surface area contributed by atoms with Crippen LogP contribution < -0.4 is 14.8 Å². The van der Waals surface area contributed by atoms with E-state index in [0.717, 1.165) is 5.56 Å². The van der Waals surface area contributed by atoms with Gasteiger partial charge in [0.15, 0.2) is 0 Å². The summed E-state index contributed by atoms with van der Waals surface area (Å²) in [5, 5.41) is 12.5. The molecular weight excluding hydrogens is 272 g/mol. The van der Waals surface area contributed by atoms with Crippen LogP contribution in [-0.2, 0) is 6.54 Å². The fourth-order valence-electron chi connectivity index (χ4n) is 1.78. The van der Waals surface area contributed by atoms with Gasteiger partial charge in [0.05, 0.1) is 19.8 Å². The molecule has 6 heteroatoms. The highest BCUT2D eigenvalue weighted by Gasteiger charge is 2.11. The standard InChI is InChI=1S/C15H16N2O4/c1-20-11-3-4-12(13(18)8-11)15(19)17-9-10-5-6-16-14(7-10)21-2/h3-8,18H,9H2,1-2H3,(H,17,19). The molecule has 0 saturated heterocycles. The Bertz CT molecular complexity index is 643. The molecule has 21 heavy (non-hydrogen) atoms. The van der Waals surface area contributed by atoms with E-state index in [9.17, 15) is 9.90 Å². The Balaban J connectivity index is 2.04. The molecule has 1 amide bonds. The summed E-state index contributed by atoms with van der Waals surface area (Å²) in [5.74, 6) is 0.474. The Labute approximate surface area is 122 Å². The lowest BCUT2D eigenvalue weighted by atomic mass is 10.1. The molecule has 0 atom stereocenters. The van der Waals surface area contributed by atoms with Gasteiger partial charge in [-0.25, -0.2) is 4.98 Å². The fraction of sp³-hybridized carbons (Fsp3) is 0.200. The number of aromatic nitrogens is 1. The maximum absolute atomic E-state index is 12.0. The number of aromatic hydroxyl groups is 1. The number of benzene rings is 1. The maximum atomic E-state index is 12.0. The molecule has 0 unspecified atom stereocenters. The van der Waals surface area contributed by atoms with Crippen LogP contribution in [0.25, 0.3) is 0 Å². The predicted octanol–water partition coefficient (Wildman–Crippen LogP) is 1.73. The first-order valence-corrected chi connectivity index (χ1v) is 6.28. The van der Waals surface area contributed by atoms with E-state index in [0.29, 0.717) is 18.2 Å². The highest BCUT2D eigenvalue weighted by molar-refractivity contribution is 5.96. The van der Waals surface area contributed by atoms with Crippen molar-refractivity contribution < 1.29 is 19.4 Å². The summed E-state index contributed by atoms with van der Waals surface area (Å²) in [7, 11) is 3.02. The van der Waals surface area contributed by atoms with Crippen LogP contribution >= 0.6 is 0 Å². The van der Waals surface area contributed by atoms with Crippen LogP contribution in [0.2, 0.25) is 0 Å². The van der Waals surface area contributed by atoms with Crippen LogP contribution in [0.4, 0.5) is 0 Å². The normalized spacial score (nSPS) is 10.0. The Morgan fingerprint density at radius 2 is 2.05 bits per heavy atom. The van der Waals surface area contributed by atoms with Crippen molar-refractivity contribution in [2.45, 2.75) is 6.54 Å². The van der Waals surface area contributed by atoms with Gasteiger partial charge in [0.25, 0.3) is 5.91 Å². The van der Waals surface area contributed by atoms with Crippen molar-refractivity contribution in [3.05, 3.63) is 47.7 Å². The van der Waals surface area contributed by atoms with Crippen LogP contribution in [0.5, 0.6) is 17.4 Å². The number of carbonyl (C=O) groups is 1. The number of methoxy groups -OCH3 is 2. The lowest BCUT2D eigenvalue weighted by Crippen LogP contribution is -2.22. The van der Waals surface area contributed by atoms with E-state index >= 15 is 0 Å². The van der Waals surface area contributed by atoms with Gasteiger partial charge in [-0.3, -0.25) is 4.79 Å². The van der Waals surface area contributed by atoms with E-state index in [2.05, 4.69) is 10.3 Å². The zero-order valence-corrected chi connectivity index (χ0v) is 11.8. The van der Waals surface area contributed by atoms with Crippen molar-refractivity contribution in [3.63, 3.8) is 0 Å². The molecule has 1 heterocycles. The quantitative estimate of drug-likeness (QED) is 0.876. The topological polar surface area (TPSA) is 80.7 Å². The second kappa shape index (κ2) is 6.60. The van der Waals surface area contributed by atoms with Gasteiger partial charge in [-0.05, 0) is 23.8 Å². The number of phenolic OH excluding ortho intramolecular Hbond substituents is 1. The number of amides is 1. The minimum absolute atomic E-state index is 0.126. The molecule has 0 bridgehead atoms. The summed E-state index contributed by atoms with van der Waals surface area (Å²) >= 11 is 0. The van der Waals surface area contributed by atoms with Gasteiger partial charge in [-0.15, -0.1) is 0 Å². The van der Waals surface area contributed by atoms with E-state index in [4.69, 9.17) is 9.47 Å². The number of phenols is 1. The van der Waals surface area contributed by atoms with Crippen LogP contribution in [0.15, 0.2) is 36.5 Å². The zero-order valence-electron chi connectivity index (χ0n) is 11.8. The first-order chi connectivity index (χ1) is 10.1. The molecule has 0 spiro atoms. The van der Waals surface area contributed by atoms with E-state index < -0.39 is 0 Å². The van der Waals surface area contributed by atoms with E-state index in [1.807, 2.05) is 0 Å². The lowest BCUT2D eigenvalue weighted by Gasteiger charge is -2.08. The summed E-state index contributed by atoms with van der Waals surface area (Å²) in [6, 6.07) is 8.02. The summed E-state index contributed by atoms with van der Waals surface area (Å²) in [6.07, 6.45) is 1.60. The molecule has 0 fully saturated rings. The van der Waals surface area contributed by atoms with Crippen LogP contribution in [0, 0.1) is 0 Å². The van der Waals surface area contributed by atoms with Crippen molar-refractivity contribution in [1.82, 2.24) is 10.3 Å². The number of nitrogens with zero attached hydrogens (tertiary/aromatic N) is 1. The minimum atomic E-state index is -0.370. The van der Waals surface area contributed by atoms with Gasteiger partial charge in [0.2, 0.25) is 5.88 Å². The third-order valence-corrected chi connectivity index (χ3v) is 2.91. The summed E-state index contributed by atoms with van der Waals surface area (Å²) < 4.78 is 9.99. The second-order valence-corrected chi connectivity index (χ2v) is 4.27. The van der Waals surface area contributed by atoms with Crippen molar-refractivity contribution >= 4 is 5.91 Å². The lowest BCUT2D eigenvalue weighted by molar-refractivity contribution is 0.0948. The van der Waals surface area contributed by atoms with Gasteiger partial charge in [-0.2, -0.15) is 0 Å². The first-order valence-electron chi connectivity index (χ1n) is 6.28. The molecule has 0 aliphatic heterocycles. The molecule has 6 nitrogen and oxygen atoms in total. The Kier molecular flexibility index (Phi) is 4.61. The highest BCUT2D eigenvalue weighted by Crippen LogP contribution is 2.23. The summed E-state index contributed by atoms with van der Waals surface area (Å²) in [5.41, 5.74) is 1.04. The predicted molar refractivity (Wildman–Crippen MR) is 76.6 cm³/mol. The van der Waals surface area contributed by atoms with E-state index in [-0.39, 0.29) is 17.2 Å². The number of pyridine rings is 1. The number of ether oxygens (including phenoxy) is 2. The molecule has 0 saturated carbocycles. The molecule has 0 aliphatic rings. The average Bonchev–Trinajstić information content (AvgIpc) is 2.52. The van der Waals surface area contributed by atoms with Crippen LogP contribution in [0.1, 0.15) is 15.9 Å². The SMILES string of the molecule is COc1ccc(C(=O)NCc2ccnc(OC)c2)c(O)c1. The largest absolute Gasteiger partial charge is 0.507 e. The average molecular weight is 288 g/mol. The van der Waals surface area contributed by atoms with Gasteiger partial charge in [-0.1, -0.05) is 0 Å². The van der Waals surface area contributed by atoms with Crippen molar-refractivity contribution in [2.24, 2.45) is 0 Å². The monoisotopic (exact) mass is 288 g/mol. The fourth-order valence-corrected chi connectivity index (χ4v) is 1.78. The Hall–Kier alpha value is -2.76. The number of carbonyl (C=O) groups excluding carboxylic acids is 1. The van der Waals surface area contributed by atoms with Gasteiger partial charge < -0.3 is 19.9 Å². The third kappa shape index (κ3) is 3.62. The van der Waals surface area contributed by atoms with Gasteiger partial charge in [0.1, 0.15) is 11.5 Å². The highest BCUT2D eigenvalue weighted by atomic mass is 16.5. The molecule has 2 rings (SSSR count). The smallest absolute Gasteiger partial charge is 0.255 e. The van der Waals surface area contributed by atoms with Crippen LogP contribution in [0.3, 0.4) is 0 Å². The van der Waals surface area contributed by atoms with Gasteiger partial charge >= 0.3 is 0 Å². The molecule has 0 radical (unpaired) electrons. The molecule has 110 valence electrons.